The molecule has 8 nitrogen and oxygen atoms in total. The zero-order valence-electron chi connectivity index (χ0n) is 19.3. The molecule has 4 aromatic rings. The number of benzene rings is 2. The van der Waals surface area contributed by atoms with Crippen molar-refractivity contribution in [1.82, 2.24) is 14.6 Å². The lowest BCUT2D eigenvalue weighted by atomic mass is 9.98. The van der Waals surface area contributed by atoms with Crippen molar-refractivity contribution in [2.45, 2.75) is 32.5 Å². The SMILES string of the molecule is Cc1c(C(C)(C)O)cn2ncnc(Oc3ccc(NC(=O)Nc4ccc(Cl)c(C(F)(F)F)c4)cc3)c12. The van der Waals surface area contributed by atoms with E-state index in [1.165, 1.54) is 12.4 Å². The molecule has 0 saturated heterocycles. The third kappa shape index (κ3) is 5.37. The number of carbonyl (C=O) groups is 1. The first-order valence-corrected chi connectivity index (χ1v) is 11.0. The number of nitrogens with one attached hydrogen (secondary N) is 2. The molecule has 3 N–H and O–H groups in total. The maximum Gasteiger partial charge on any atom is 0.417 e. The molecule has 0 spiro atoms. The summed E-state index contributed by atoms with van der Waals surface area (Å²) in [7, 11) is 0. The molecule has 0 aliphatic rings. The summed E-state index contributed by atoms with van der Waals surface area (Å²) in [6.07, 6.45) is -1.61. The molecule has 2 aromatic carbocycles. The molecule has 0 saturated carbocycles. The van der Waals surface area contributed by atoms with Crippen molar-refractivity contribution in [2.75, 3.05) is 10.6 Å². The van der Waals surface area contributed by atoms with Crippen LogP contribution in [0.15, 0.2) is 55.0 Å². The molecule has 0 radical (unpaired) electrons. The number of nitrogens with zero attached hydrogens (tertiary/aromatic N) is 3. The fourth-order valence-corrected chi connectivity index (χ4v) is 3.88. The Labute approximate surface area is 208 Å². The molecule has 0 bridgehead atoms. The number of carbonyl (C=O) groups excluding carboxylic acids is 1. The van der Waals surface area contributed by atoms with E-state index in [-0.39, 0.29) is 11.6 Å². The van der Waals surface area contributed by atoms with Gasteiger partial charge in [-0.1, -0.05) is 11.6 Å². The van der Waals surface area contributed by atoms with Gasteiger partial charge in [-0.15, -0.1) is 0 Å². The van der Waals surface area contributed by atoms with E-state index in [1.807, 2.05) is 6.92 Å². The van der Waals surface area contributed by atoms with Crippen LogP contribution < -0.4 is 15.4 Å². The van der Waals surface area contributed by atoms with E-state index in [0.29, 0.717) is 22.5 Å². The van der Waals surface area contributed by atoms with E-state index in [4.69, 9.17) is 16.3 Å². The van der Waals surface area contributed by atoms with Gasteiger partial charge in [-0.2, -0.15) is 23.3 Å². The van der Waals surface area contributed by atoms with Crippen LogP contribution in [0, 0.1) is 6.92 Å². The minimum Gasteiger partial charge on any atom is -0.437 e. The Morgan fingerprint density at radius 3 is 2.33 bits per heavy atom. The first kappa shape index (κ1) is 25.3. The normalized spacial score (nSPS) is 12.0. The number of urea groups is 1. The minimum atomic E-state index is -4.65. The summed E-state index contributed by atoms with van der Waals surface area (Å²) < 4.78 is 46.6. The highest BCUT2D eigenvalue weighted by Crippen LogP contribution is 2.36. The number of hydrogen-bond donors (Lipinski definition) is 3. The molecule has 36 heavy (non-hydrogen) atoms. The van der Waals surface area contributed by atoms with Crippen molar-refractivity contribution in [1.29, 1.82) is 0 Å². The number of aryl methyl sites for hydroxylation is 1. The summed E-state index contributed by atoms with van der Waals surface area (Å²) >= 11 is 5.60. The number of anilines is 2. The summed E-state index contributed by atoms with van der Waals surface area (Å²) in [5, 5.41) is 19.0. The van der Waals surface area contributed by atoms with Crippen molar-refractivity contribution in [3.63, 3.8) is 0 Å². The summed E-state index contributed by atoms with van der Waals surface area (Å²) in [6.45, 7) is 5.18. The third-order valence-electron chi connectivity index (χ3n) is 5.31. The summed E-state index contributed by atoms with van der Waals surface area (Å²) in [5.41, 5.74) is 0.229. The van der Waals surface area contributed by atoms with Crippen LogP contribution in [0.5, 0.6) is 11.6 Å². The number of rotatable bonds is 5. The van der Waals surface area contributed by atoms with Crippen LogP contribution in [-0.4, -0.2) is 25.7 Å². The van der Waals surface area contributed by atoms with E-state index in [2.05, 4.69) is 20.7 Å². The van der Waals surface area contributed by atoms with Crippen LogP contribution in [0.3, 0.4) is 0 Å². The molecule has 0 unspecified atom stereocenters. The molecule has 0 fully saturated rings. The van der Waals surface area contributed by atoms with Crippen molar-refractivity contribution >= 4 is 34.5 Å². The van der Waals surface area contributed by atoms with Gasteiger partial charge in [-0.05, 0) is 68.8 Å². The third-order valence-corrected chi connectivity index (χ3v) is 5.64. The number of halogens is 4. The molecule has 4 rings (SSSR count). The quantitative estimate of drug-likeness (QED) is 0.284. The van der Waals surface area contributed by atoms with Crippen molar-refractivity contribution < 1.29 is 27.8 Å². The predicted octanol–water partition coefficient (Wildman–Crippen LogP) is 6.37. The topological polar surface area (TPSA) is 101 Å². The number of aromatic nitrogens is 3. The van der Waals surface area contributed by atoms with Gasteiger partial charge >= 0.3 is 12.2 Å². The molecule has 188 valence electrons. The zero-order chi connectivity index (χ0) is 26.3. The van der Waals surface area contributed by atoms with Crippen LogP contribution in [0.2, 0.25) is 5.02 Å². The highest BCUT2D eigenvalue weighted by molar-refractivity contribution is 6.31. The second-order valence-electron chi connectivity index (χ2n) is 8.48. The van der Waals surface area contributed by atoms with E-state index >= 15 is 0 Å². The number of amides is 2. The molecule has 2 aromatic heterocycles. The largest absolute Gasteiger partial charge is 0.437 e. The van der Waals surface area contributed by atoms with Gasteiger partial charge in [-0.25, -0.2) is 9.31 Å². The predicted molar refractivity (Wildman–Crippen MR) is 129 cm³/mol. The fraction of sp³-hybridized carbons (Fsp3) is 0.208. The van der Waals surface area contributed by atoms with E-state index in [0.717, 1.165) is 17.7 Å². The summed E-state index contributed by atoms with van der Waals surface area (Å²) in [4.78, 5) is 16.5. The standard InChI is InChI=1S/C24H21ClF3N5O3/c1-13-18(23(2,3)35)11-33-20(13)21(29-12-30-33)36-16-7-4-14(5-8-16)31-22(34)32-15-6-9-19(25)17(10-15)24(26,27)28/h4-12,35H,1-3H3,(H2,31,32,34). The number of ether oxygens (including phenoxy) is 1. The minimum absolute atomic E-state index is 0.0649. The highest BCUT2D eigenvalue weighted by Gasteiger charge is 2.33. The van der Waals surface area contributed by atoms with Gasteiger partial charge in [0.15, 0.2) is 0 Å². The Morgan fingerprint density at radius 2 is 1.69 bits per heavy atom. The molecule has 2 heterocycles. The lowest BCUT2D eigenvalue weighted by Gasteiger charge is -2.16. The second kappa shape index (κ2) is 9.32. The maximum atomic E-state index is 13.0. The first-order chi connectivity index (χ1) is 16.8. The average molecular weight is 520 g/mol. The Kier molecular flexibility index (Phi) is 6.54. The Morgan fingerprint density at radius 1 is 1.06 bits per heavy atom. The lowest BCUT2D eigenvalue weighted by molar-refractivity contribution is -0.137. The smallest absolute Gasteiger partial charge is 0.417 e. The van der Waals surface area contributed by atoms with Crippen molar-refractivity contribution in [3.8, 4) is 11.6 Å². The van der Waals surface area contributed by atoms with Gasteiger partial charge in [0.05, 0.1) is 16.2 Å². The molecule has 0 aliphatic heterocycles. The molecule has 2 amide bonds. The van der Waals surface area contributed by atoms with Gasteiger partial charge in [0.2, 0.25) is 5.88 Å². The van der Waals surface area contributed by atoms with Crippen molar-refractivity contribution in [3.05, 3.63) is 76.7 Å². The first-order valence-electron chi connectivity index (χ1n) is 10.6. The number of aliphatic hydroxyl groups is 1. The number of hydrogen-bond acceptors (Lipinski definition) is 5. The summed E-state index contributed by atoms with van der Waals surface area (Å²) in [5.74, 6) is 0.694. The van der Waals surface area contributed by atoms with E-state index < -0.39 is 28.4 Å². The second-order valence-corrected chi connectivity index (χ2v) is 8.89. The molecule has 0 aliphatic carbocycles. The van der Waals surface area contributed by atoms with Gasteiger partial charge in [0, 0.05) is 23.1 Å². The van der Waals surface area contributed by atoms with Crippen LogP contribution >= 0.6 is 11.6 Å². The van der Waals surface area contributed by atoms with Crippen LogP contribution in [0.4, 0.5) is 29.3 Å². The van der Waals surface area contributed by atoms with Crippen LogP contribution in [0.1, 0.15) is 30.5 Å². The van der Waals surface area contributed by atoms with Gasteiger partial charge in [0.1, 0.15) is 17.6 Å². The monoisotopic (exact) mass is 519 g/mol. The van der Waals surface area contributed by atoms with E-state index in [9.17, 15) is 23.1 Å². The Hall–Kier alpha value is -3.83. The van der Waals surface area contributed by atoms with Gasteiger partial charge < -0.3 is 20.5 Å². The highest BCUT2D eigenvalue weighted by atomic mass is 35.5. The maximum absolute atomic E-state index is 13.0. The van der Waals surface area contributed by atoms with Gasteiger partial charge in [-0.3, -0.25) is 0 Å². The summed E-state index contributed by atoms with van der Waals surface area (Å²) in [6, 6.07) is 8.65. The van der Waals surface area contributed by atoms with Crippen molar-refractivity contribution in [2.24, 2.45) is 0 Å². The fourth-order valence-electron chi connectivity index (χ4n) is 3.65. The average Bonchev–Trinajstić information content (AvgIpc) is 3.14. The lowest BCUT2D eigenvalue weighted by Crippen LogP contribution is -2.19. The molecule has 12 heteroatoms. The van der Waals surface area contributed by atoms with Crippen LogP contribution in [0.25, 0.3) is 5.52 Å². The number of alkyl halides is 3. The Bertz CT molecular complexity index is 1430. The van der Waals surface area contributed by atoms with Gasteiger partial charge in [0.25, 0.3) is 0 Å². The Balaban J connectivity index is 1.47. The molecular weight excluding hydrogens is 499 g/mol. The zero-order valence-corrected chi connectivity index (χ0v) is 20.1. The number of fused-ring (bicyclic) bond motifs is 1. The molecule has 0 atom stereocenters. The molecular formula is C24H21ClF3N5O3. The van der Waals surface area contributed by atoms with E-state index in [1.54, 1.807) is 48.8 Å². The van der Waals surface area contributed by atoms with Crippen LogP contribution in [-0.2, 0) is 11.8 Å².